The van der Waals surface area contributed by atoms with Gasteiger partial charge in [-0.3, -0.25) is 10.2 Å². The number of carboxylic acid groups (broad SMARTS) is 1. The number of pyridine rings is 1. The summed E-state index contributed by atoms with van der Waals surface area (Å²) >= 11 is 3.55. The summed E-state index contributed by atoms with van der Waals surface area (Å²) in [5.74, 6) is -0.552. The maximum absolute atomic E-state index is 10.7. The number of hydrogen-bond donors (Lipinski definition) is 2. The molecule has 3 rings (SSSR count). The predicted octanol–water partition coefficient (Wildman–Crippen LogP) is 3.89. The molecule has 0 unspecified atom stereocenters. The molecule has 0 saturated heterocycles. The highest BCUT2D eigenvalue weighted by Crippen LogP contribution is 2.32. The molecule has 0 atom stereocenters. The Bertz CT molecular complexity index is 1150. The van der Waals surface area contributed by atoms with Crippen LogP contribution in [0.1, 0.15) is 29.5 Å². The summed E-state index contributed by atoms with van der Waals surface area (Å²) < 4.78 is 8.34. The third-order valence-corrected chi connectivity index (χ3v) is 5.61. The number of fused-ring (bicyclic) bond motifs is 1. The second-order valence-electron chi connectivity index (χ2n) is 6.26. The van der Waals surface area contributed by atoms with Gasteiger partial charge in [-0.15, -0.1) is 0 Å². The van der Waals surface area contributed by atoms with E-state index in [1.54, 1.807) is 0 Å². The lowest BCUT2D eigenvalue weighted by Gasteiger charge is -2.06. The third kappa shape index (κ3) is 3.51. The van der Waals surface area contributed by atoms with E-state index in [0.717, 1.165) is 21.2 Å². The largest absolute Gasteiger partial charge is 0.481 e. The van der Waals surface area contributed by atoms with Crippen LogP contribution in [0.3, 0.4) is 0 Å². The Kier molecular flexibility index (Phi) is 5.15. The zero-order chi connectivity index (χ0) is 19.7. The molecule has 0 aliphatic rings. The van der Waals surface area contributed by atoms with Crippen LogP contribution in [0, 0.1) is 30.6 Å². The zero-order valence-corrected chi connectivity index (χ0v) is 16.4. The third-order valence-electron chi connectivity index (χ3n) is 4.39. The van der Waals surface area contributed by atoms with Gasteiger partial charge in [0.05, 0.1) is 0 Å². The van der Waals surface area contributed by atoms with Gasteiger partial charge in [0.25, 0.3) is 0 Å². The van der Waals surface area contributed by atoms with Gasteiger partial charge in [0.2, 0.25) is 5.89 Å². The fraction of sp³-hybridized carbons (Fsp3) is 0.263. The van der Waals surface area contributed by atoms with Crippen molar-refractivity contribution in [3.63, 3.8) is 0 Å². The SMILES string of the molecule is Cc1ccc(-c2nc3c(=N)n(CCCC(=O)O)cc(C#N)c3o2)c(C)c1Br. The lowest BCUT2D eigenvalue weighted by atomic mass is 10.1. The summed E-state index contributed by atoms with van der Waals surface area (Å²) in [7, 11) is 0. The van der Waals surface area contributed by atoms with Crippen LogP contribution in [0.15, 0.2) is 27.2 Å². The number of nitriles is 1. The van der Waals surface area contributed by atoms with Gasteiger partial charge in [0, 0.05) is 29.2 Å². The van der Waals surface area contributed by atoms with Gasteiger partial charge in [0.1, 0.15) is 11.6 Å². The minimum Gasteiger partial charge on any atom is -0.481 e. The van der Waals surface area contributed by atoms with Crippen LogP contribution in [-0.2, 0) is 11.3 Å². The maximum Gasteiger partial charge on any atom is 0.303 e. The Labute approximate surface area is 163 Å². The molecule has 0 amide bonds. The normalized spacial score (nSPS) is 10.9. The molecule has 0 spiro atoms. The predicted molar refractivity (Wildman–Crippen MR) is 102 cm³/mol. The molecule has 8 heteroatoms. The van der Waals surface area contributed by atoms with Crippen molar-refractivity contribution >= 4 is 33.0 Å². The van der Waals surface area contributed by atoms with Crippen molar-refractivity contribution in [1.29, 1.82) is 10.7 Å². The number of oxazole rings is 1. The molecule has 0 radical (unpaired) electrons. The Morgan fingerprint density at radius 2 is 2.19 bits per heavy atom. The summed E-state index contributed by atoms with van der Waals surface area (Å²) in [6.07, 6.45) is 1.86. The molecular formula is C19H17BrN4O3. The van der Waals surface area contributed by atoms with Gasteiger partial charge >= 0.3 is 5.97 Å². The average molecular weight is 429 g/mol. The molecule has 2 N–H and O–H groups in total. The van der Waals surface area contributed by atoms with Gasteiger partial charge in [-0.25, -0.2) is 4.98 Å². The summed E-state index contributed by atoms with van der Waals surface area (Å²) in [6, 6.07) is 5.92. The van der Waals surface area contributed by atoms with Crippen LogP contribution in [0.2, 0.25) is 0 Å². The van der Waals surface area contributed by atoms with Gasteiger partial charge in [-0.2, -0.15) is 5.26 Å². The van der Waals surface area contributed by atoms with Gasteiger partial charge in [0.15, 0.2) is 16.6 Å². The highest BCUT2D eigenvalue weighted by atomic mass is 79.9. The highest BCUT2D eigenvalue weighted by molar-refractivity contribution is 9.10. The van der Waals surface area contributed by atoms with E-state index in [9.17, 15) is 10.1 Å². The van der Waals surface area contributed by atoms with Crippen LogP contribution >= 0.6 is 15.9 Å². The molecule has 0 bridgehead atoms. The van der Waals surface area contributed by atoms with E-state index in [4.69, 9.17) is 14.9 Å². The Morgan fingerprint density at radius 1 is 1.44 bits per heavy atom. The molecule has 1 aromatic carbocycles. The Morgan fingerprint density at radius 3 is 2.85 bits per heavy atom. The molecule has 0 aliphatic carbocycles. The summed E-state index contributed by atoms with van der Waals surface area (Å²) in [5, 5.41) is 26.6. The molecule has 0 aliphatic heterocycles. The number of hydrogen-bond acceptors (Lipinski definition) is 5. The van der Waals surface area contributed by atoms with E-state index < -0.39 is 5.97 Å². The van der Waals surface area contributed by atoms with E-state index in [0.29, 0.717) is 18.9 Å². The quantitative estimate of drug-likeness (QED) is 0.638. The number of carboxylic acids is 1. The van der Waals surface area contributed by atoms with Crippen molar-refractivity contribution in [2.75, 3.05) is 0 Å². The van der Waals surface area contributed by atoms with Crippen molar-refractivity contribution in [3.8, 4) is 17.5 Å². The monoisotopic (exact) mass is 428 g/mol. The molecule has 3 aromatic rings. The molecule has 0 fully saturated rings. The van der Waals surface area contributed by atoms with Crippen LogP contribution < -0.4 is 5.49 Å². The standard InChI is InChI=1S/C19H17BrN4O3/c1-10-5-6-13(11(2)15(10)20)19-23-16-17(27-19)12(8-21)9-24(18(16)22)7-3-4-14(25)26/h5-6,9,22H,3-4,7H2,1-2H3,(H,25,26). The van der Waals surface area contributed by atoms with Gasteiger partial charge in [-0.05, 0) is 37.5 Å². The second-order valence-corrected chi connectivity index (χ2v) is 7.05. The molecular weight excluding hydrogens is 412 g/mol. The number of benzene rings is 1. The van der Waals surface area contributed by atoms with E-state index in [-0.39, 0.29) is 28.6 Å². The number of aromatic nitrogens is 2. The first-order valence-corrected chi connectivity index (χ1v) is 9.09. The van der Waals surface area contributed by atoms with Crippen molar-refractivity contribution < 1.29 is 14.3 Å². The lowest BCUT2D eigenvalue weighted by Crippen LogP contribution is -2.21. The second kappa shape index (κ2) is 7.37. The highest BCUT2D eigenvalue weighted by Gasteiger charge is 2.18. The summed E-state index contributed by atoms with van der Waals surface area (Å²) in [6.45, 7) is 4.25. The number of carbonyl (C=O) groups is 1. The van der Waals surface area contributed by atoms with Crippen molar-refractivity contribution in [2.24, 2.45) is 0 Å². The topological polar surface area (TPSA) is 116 Å². The van der Waals surface area contributed by atoms with E-state index in [1.807, 2.05) is 26.0 Å². The minimum atomic E-state index is -0.895. The number of aliphatic carboxylic acids is 1. The Balaban J connectivity index is 2.13. The number of halogens is 1. The average Bonchev–Trinajstić information content (AvgIpc) is 3.07. The first-order valence-electron chi connectivity index (χ1n) is 8.30. The lowest BCUT2D eigenvalue weighted by molar-refractivity contribution is -0.137. The molecule has 0 saturated carbocycles. The van der Waals surface area contributed by atoms with Gasteiger partial charge < -0.3 is 14.1 Å². The molecule has 7 nitrogen and oxygen atoms in total. The zero-order valence-electron chi connectivity index (χ0n) is 14.8. The van der Waals surface area contributed by atoms with Crippen LogP contribution in [0.4, 0.5) is 0 Å². The number of aryl methyl sites for hydroxylation is 2. The molecule has 27 heavy (non-hydrogen) atoms. The number of nitrogens with one attached hydrogen (secondary N) is 1. The van der Waals surface area contributed by atoms with E-state index in [1.165, 1.54) is 10.8 Å². The smallest absolute Gasteiger partial charge is 0.303 e. The Hall–Kier alpha value is -2.92. The van der Waals surface area contributed by atoms with Crippen LogP contribution in [0.25, 0.3) is 22.6 Å². The van der Waals surface area contributed by atoms with Gasteiger partial charge in [-0.1, -0.05) is 22.0 Å². The maximum atomic E-state index is 10.7. The van der Waals surface area contributed by atoms with E-state index in [2.05, 4.69) is 27.0 Å². The summed E-state index contributed by atoms with van der Waals surface area (Å²) in [5.41, 5.74) is 3.73. The fourth-order valence-electron chi connectivity index (χ4n) is 2.90. The van der Waals surface area contributed by atoms with Crippen molar-refractivity contribution in [3.05, 3.63) is 45.0 Å². The molecule has 138 valence electrons. The summed E-state index contributed by atoms with van der Waals surface area (Å²) in [4.78, 5) is 15.2. The fourth-order valence-corrected chi connectivity index (χ4v) is 3.25. The van der Waals surface area contributed by atoms with E-state index >= 15 is 0 Å². The van der Waals surface area contributed by atoms with Crippen molar-refractivity contribution in [1.82, 2.24) is 9.55 Å². The first kappa shape index (κ1) is 18.9. The number of rotatable bonds is 5. The van der Waals surface area contributed by atoms with Crippen LogP contribution in [-0.4, -0.2) is 20.6 Å². The van der Waals surface area contributed by atoms with Crippen LogP contribution in [0.5, 0.6) is 0 Å². The first-order chi connectivity index (χ1) is 12.8. The minimum absolute atomic E-state index is 0.00693. The number of nitrogens with zero attached hydrogens (tertiary/aromatic N) is 3. The molecule has 2 aromatic heterocycles. The molecule has 2 heterocycles. The van der Waals surface area contributed by atoms with Crippen molar-refractivity contribution in [2.45, 2.75) is 33.2 Å².